The van der Waals surface area contributed by atoms with Crippen LogP contribution < -0.4 is 0 Å². The molecule has 0 amide bonds. The van der Waals surface area contributed by atoms with Gasteiger partial charge in [0.25, 0.3) is 0 Å². The molecule has 0 aliphatic heterocycles. The maximum Gasteiger partial charge on any atom is 0.0267 e. The highest BCUT2D eigenvalue weighted by Gasteiger charge is 1.85. The van der Waals surface area contributed by atoms with Crippen molar-refractivity contribution in [1.82, 2.24) is 0 Å². The molecule has 0 heteroatoms. The van der Waals surface area contributed by atoms with Gasteiger partial charge in [-0.2, -0.15) is 0 Å². The van der Waals surface area contributed by atoms with E-state index >= 15 is 0 Å². The number of unbranched alkanes of at least 4 members (excludes halogenated alkanes) is 1. The lowest BCUT2D eigenvalue weighted by atomic mass is 10.1. The Morgan fingerprint density at radius 1 is 1.33 bits per heavy atom. The Bertz CT molecular complexity index is 292. The van der Waals surface area contributed by atoms with E-state index in [-0.39, 0.29) is 6.42 Å². The Hall–Kier alpha value is 0. The van der Waals surface area contributed by atoms with Crippen molar-refractivity contribution < 1.29 is 13.7 Å². The van der Waals surface area contributed by atoms with Crippen LogP contribution in [0.1, 0.15) is 72.3 Å². The molecule has 0 aromatic rings. The minimum atomic E-state index is -3.37. The summed E-state index contributed by atoms with van der Waals surface area (Å²) < 4.78 is 74.1. The third-order valence-electron chi connectivity index (χ3n) is 0.939. The van der Waals surface area contributed by atoms with E-state index in [1.807, 2.05) is 6.92 Å². The predicted octanol–water partition coefficient (Wildman–Crippen LogP) is 3.76. The summed E-state index contributed by atoms with van der Waals surface area (Å²) in [7, 11) is 0. The molecule has 1 atom stereocenters. The second-order valence-corrected chi connectivity index (χ2v) is 1.74. The molecule has 0 rings (SSSR count). The first-order valence-electron chi connectivity index (χ1n) is 8.23. The highest BCUT2D eigenvalue weighted by molar-refractivity contribution is 4.41. The molecule has 0 bridgehead atoms. The molecule has 9 heavy (non-hydrogen) atoms. The first-order chi connectivity index (χ1) is 8.23. The third kappa shape index (κ3) is 8.00. The Labute approximate surface area is 73.7 Å². The zero-order valence-corrected chi connectivity index (χ0v) is 5.70. The average molecular weight is 138 g/mol. The molecular weight excluding hydrogens is 108 g/mol. The molecule has 0 aliphatic rings. The summed E-state index contributed by atoms with van der Waals surface area (Å²) in [5.41, 5.74) is 0. The van der Waals surface area contributed by atoms with E-state index in [0.29, 0.717) is 12.8 Å². The summed E-state index contributed by atoms with van der Waals surface area (Å²) in [5, 5.41) is 0. The predicted molar refractivity (Wildman–Crippen MR) is 43.7 cm³/mol. The first kappa shape index (κ1) is 1.78. The Morgan fingerprint density at radius 2 is 2.22 bits per heavy atom. The van der Waals surface area contributed by atoms with Crippen molar-refractivity contribution in [2.75, 3.05) is 0 Å². The van der Waals surface area contributed by atoms with Gasteiger partial charge in [0, 0.05) is 13.7 Å². The van der Waals surface area contributed by atoms with Crippen LogP contribution >= 0.6 is 0 Å². The number of hydrogen-bond acceptors (Lipinski definition) is 0. The molecule has 0 aromatic heterocycles. The van der Waals surface area contributed by atoms with Gasteiger partial charge in [0.2, 0.25) is 0 Å². The zero-order valence-electron chi connectivity index (χ0n) is 15.7. The van der Waals surface area contributed by atoms with Crippen molar-refractivity contribution in [2.45, 2.75) is 58.6 Å². The van der Waals surface area contributed by atoms with Crippen LogP contribution in [0.15, 0.2) is 0 Å². The fraction of sp³-hybridized carbons (Fsp3) is 1.00. The van der Waals surface area contributed by atoms with E-state index in [0.717, 1.165) is 0 Å². The van der Waals surface area contributed by atoms with Crippen LogP contribution in [0.5, 0.6) is 0 Å². The molecule has 0 N–H and O–H groups in total. The van der Waals surface area contributed by atoms with Crippen LogP contribution in [0.3, 0.4) is 0 Å². The monoisotopic (exact) mass is 138 g/mol. The number of rotatable bonds is 6. The normalized spacial score (nSPS) is 36.1. The van der Waals surface area contributed by atoms with Crippen LogP contribution in [0.25, 0.3) is 0 Å². The van der Waals surface area contributed by atoms with Gasteiger partial charge < -0.3 is 0 Å². The second-order valence-electron chi connectivity index (χ2n) is 1.74. The van der Waals surface area contributed by atoms with Crippen LogP contribution in [-0.4, -0.2) is 0 Å². The van der Waals surface area contributed by atoms with Gasteiger partial charge in [0.1, 0.15) is 0 Å². The fourth-order valence-electron chi connectivity index (χ4n) is 0.465. The molecule has 0 aliphatic carbocycles. The SMILES string of the molecule is [2H]C(CCCC)C([2H])([2H])C([2H])([2H])C([2H])([2H])C([2H])([2H])[2H]. The molecule has 0 fully saturated rings. The minimum absolute atomic E-state index is 0.0556. The lowest BCUT2D eigenvalue weighted by Gasteiger charge is -1.96. The highest BCUT2D eigenvalue weighted by Crippen LogP contribution is 2.05. The molecule has 0 saturated heterocycles. The molecule has 56 valence electrons. The summed E-state index contributed by atoms with van der Waals surface area (Å²) in [6.07, 6.45) is -9.80. The Balaban J connectivity index is 5.38. The minimum Gasteiger partial charge on any atom is -0.0654 e. The lowest BCUT2D eigenvalue weighted by Crippen LogP contribution is -1.76. The lowest BCUT2D eigenvalue weighted by molar-refractivity contribution is 0.602. The summed E-state index contributed by atoms with van der Waals surface area (Å²) in [4.78, 5) is 0. The quantitative estimate of drug-likeness (QED) is 0.524. The van der Waals surface area contributed by atoms with Gasteiger partial charge in [-0.15, -0.1) is 0 Å². The summed E-state index contributed by atoms with van der Waals surface area (Å²) >= 11 is 0. The summed E-state index contributed by atoms with van der Waals surface area (Å²) in [6.45, 7) is -1.47. The van der Waals surface area contributed by atoms with Crippen molar-refractivity contribution in [2.24, 2.45) is 0 Å². The van der Waals surface area contributed by atoms with Gasteiger partial charge in [0.15, 0.2) is 0 Å². The smallest absolute Gasteiger partial charge is 0.0267 e. The standard InChI is InChI=1S/C9H20/c1-3-5-7-9-8-6-4-2/h3-9H2,1-2H3/i1D3,3D2,5D2,7D2,9D. The topological polar surface area (TPSA) is 0 Å². The van der Waals surface area contributed by atoms with Crippen LogP contribution in [0, 0.1) is 0 Å². The van der Waals surface area contributed by atoms with Crippen molar-refractivity contribution in [3.8, 4) is 0 Å². The molecule has 1 unspecified atom stereocenters. The van der Waals surface area contributed by atoms with E-state index in [9.17, 15) is 0 Å². The Kier molecular flexibility index (Phi) is 1.58. The molecule has 0 spiro atoms. The molecular formula is C9H20. The fourth-order valence-corrected chi connectivity index (χ4v) is 0.465. The van der Waals surface area contributed by atoms with Crippen molar-refractivity contribution >= 4 is 0 Å². The van der Waals surface area contributed by atoms with Crippen LogP contribution in [0.4, 0.5) is 0 Å². The largest absolute Gasteiger partial charge is 0.0654 e. The van der Waals surface area contributed by atoms with E-state index < -0.39 is 32.4 Å². The van der Waals surface area contributed by atoms with Gasteiger partial charge in [-0.05, 0) is 0 Å². The van der Waals surface area contributed by atoms with Crippen molar-refractivity contribution in [3.05, 3.63) is 0 Å². The maximum absolute atomic E-state index is 7.66. The van der Waals surface area contributed by atoms with Crippen LogP contribution in [-0.2, 0) is 0 Å². The van der Waals surface area contributed by atoms with E-state index in [1.165, 1.54) is 0 Å². The van der Waals surface area contributed by atoms with Gasteiger partial charge in [-0.25, -0.2) is 0 Å². The van der Waals surface area contributed by atoms with Gasteiger partial charge in [0.05, 0.1) is 0 Å². The maximum atomic E-state index is 7.66. The molecule has 0 heterocycles. The summed E-state index contributed by atoms with van der Waals surface area (Å²) in [6, 6.07) is 0. The van der Waals surface area contributed by atoms with Crippen LogP contribution in [0.2, 0.25) is 0 Å². The highest BCUT2D eigenvalue weighted by atomic mass is 13.9. The van der Waals surface area contributed by atoms with E-state index in [1.54, 1.807) is 0 Å². The van der Waals surface area contributed by atoms with Crippen molar-refractivity contribution in [1.29, 1.82) is 0 Å². The number of hydrogen-bond donors (Lipinski definition) is 0. The second kappa shape index (κ2) is 8.00. The van der Waals surface area contributed by atoms with Gasteiger partial charge in [-0.3, -0.25) is 0 Å². The molecule has 0 nitrogen and oxygen atoms in total. The summed E-state index contributed by atoms with van der Waals surface area (Å²) in [5.74, 6) is 0. The van der Waals surface area contributed by atoms with E-state index in [4.69, 9.17) is 13.7 Å². The Morgan fingerprint density at radius 3 is 2.89 bits per heavy atom. The molecule has 0 aromatic carbocycles. The first-order valence-corrected chi connectivity index (χ1v) is 3.15. The van der Waals surface area contributed by atoms with Crippen molar-refractivity contribution in [3.63, 3.8) is 0 Å². The molecule has 0 saturated carbocycles. The van der Waals surface area contributed by atoms with E-state index in [2.05, 4.69) is 0 Å². The molecule has 0 radical (unpaired) electrons. The zero-order chi connectivity index (χ0) is 15.7. The van der Waals surface area contributed by atoms with Gasteiger partial charge >= 0.3 is 0 Å². The van der Waals surface area contributed by atoms with Gasteiger partial charge in [-0.1, -0.05) is 58.6 Å². The average Bonchev–Trinajstić information content (AvgIpc) is 2.23. The third-order valence-corrected chi connectivity index (χ3v) is 0.939.